The predicted octanol–water partition coefficient (Wildman–Crippen LogP) is 2.40. The summed E-state index contributed by atoms with van der Waals surface area (Å²) in [6.45, 7) is 4.53. The minimum Gasteiger partial charge on any atom is -0.378 e. The fourth-order valence-electron chi connectivity index (χ4n) is 0.964. The van der Waals surface area contributed by atoms with Gasteiger partial charge in [-0.2, -0.15) is 0 Å². The van der Waals surface area contributed by atoms with E-state index in [1.807, 2.05) is 13.8 Å². The standard InChI is InChI=1S/C9H13ClN2O/c1-6(2)9-11-7(5-13-3)4-8(10)12-9/h4,6H,5H2,1-3H3. The first-order valence-electron chi connectivity index (χ1n) is 4.15. The summed E-state index contributed by atoms with van der Waals surface area (Å²) >= 11 is 5.82. The number of hydrogen-bond acceptors (Lipinski definition) is 3. The third-order valence-electron chi connectivity index (χ3n) is 1.57. The minimum atomic E-state index is 0.286. The van der Waals surface area contributed by atoms with Crippen molar-refractivity contribution in [3.05, 3.63) is 22.7 Å². The van der Waals surface area contributed by atoms with Crippen LogP contribution >= 0.6 is 11.6 Å². The summed E-state index contributed by atoms with van der Waals surface area (Å²) in [5, 5.41) is 0.478. The Morgan fingerprint density at radius 1 is 1.46 bits per heavy atom. The molecule has 3 nitrogen and oxygen atoms in total. The van der Waals surface area contributed by atoms with Crippen molar-refractivity contribution >= 4 is 11.6 Å². The quantitative estimate of drug-likeness (QED) is 0.703. The van der Waals surface area contributed by atoms with Crippen molar-refractivity contribution in [1.82, 2.24) is 9.97 Å². The Bertz CT molecular complexity index is 289. The molecule has 0 spiro atoms. The summed E-state index contributed by atoms with van der Waals surface area (Å²) in [7, 11) is 1.63. The Morgan fingerprint density at radius 2 is 2.15 bits per heavy atom. The van der Waals surface area contributed by atoms with Crippen molar-refractivity contribution < 1.29 is 4.74 Å². The zero-order valence-corrected chi connectivity index (χ0v) is 8.80. The van der Waals surface area contributed by atoms with E-state index < -0.39 is 0 Å². The van der Waals surface area contributed by atoms with Crippen LogP contribution < -0.4 is 0 Å². The van der Waals surface area contributed by atoms with Gasteiger partial charge in [-0.25, -0.2) is 9.97 Å². The lowest BCUT2D eigenvalue weighted by Gasteiger charge is -2.06. The number of hydrogen-bond donors (Lipinski definition) is 0. The average molecular weight is 201 g/mol. The van der Waals surface area contributed by atoms with Crippen molar-refractivity contribution in [2.75, 3.05) is 7.11 Å². The molecule has 0 N–H and O–H groups in total. The van der Waals surface area contributed by atoms with Gasteiger partial charge in [-0.05, 0) is 6.07 Å². The highest BCUT2D eigenvalue weighted by Crippen LogP contribution is 2.14. The smallest absolute Gasteiger partial charge is 0.133 e. The van der Waals surface area contributed by atoms with Crippen LogP contribution in [0.5, 0.6) is 0 Å². The molecule has 0 radical (unpaired) electrons. The molecule has 0 fully saturated rings. The van der Waals surface area contributed by atoms with Gasteiger partial charge in [0.05, 0.1) is 12.3 Å². The van der Waals surface area contributed by atoms with Crippen LogP contribution in [0.1, 0.15) is 31.3 Å². The first-order chi connectivity index (χ1) is 6.13. The van der Waals surface area contributed by atoms with Gasteiger partial charge in [-0.1, -0.05) is 25.4 Å². The van der Waals surface area contributed by atoms with E-state index in [-0.39, 0.29) is 5.92 Å². The van der Waals surface area contributed by atoms with Crippen molar-refractivity contribution in [1.29, 1.82) is 0 Å². The van der Waals surface area contributed by atoms with E-state index in [0.717, 1.165) is 11.5 Å². The Morgan fingerprint density at radius 3 is 2.69 bits per heavy atom. The summed E-state index contributed by atoms with van der Waals surface area (Å²) < 4.78 is 4.97. The Balaban J connectivity index is 2.96. The number of halogens is 1. The first-order valence-corrected chi connectivity index (χ1v) is 4.53. The molecule has 1 rings (SSSR count). The van der Waals surface area contributed by atoms with E-state index in [0.29, 0.717) is 11.8 Å². The van der Waals surface area contributed by atoms with E-state index in [1.54, 1.807) is 13.2 Å². The summed E-state index contributed by atoms with van der Waals surface area (Å²) in [6.07, 6.45) is 0. The fourth-order valence-corrected chi connectivity index (χ4v) is 1.18. The molecule has 0 aliphatic rings. The van der Waals surface area contributed by atoms with Gasteiger partial charge in [0.1, 0.15) is 11.0 Å². The monoisotopic (exact) mass is 200 g/mol. The normalized spacial score (nSPS) is 10.8. The van der Waals surface area contributed by atoms with E-state index in [2.05, 4.69) is 9.97 Å². The van der Waals surface area contributed by atoms with Gasteiger partial charge in [0.2, 0.25) is 0 Å². The van der Waals surface area contributed by atoms with Crippen molar-refractivity contribution in [3.63, 3.8) is 0 Å². The second-order valence-corrected chi connectivity index (χ2v) is 3.52. The van der Waals surface area contributed by atoms with Crippen LogP contribution in [0.2, 0.25) is 5.15 Å². The zero-order chi connectivity index (χ0) is 9.84. The molecule has 1 aromatic heterocycles. The highest BCUT2D eigenvalue weighted by molar-refractivity contribution is 6.29. The van der Waals surface area contributed by atoms with Crippen LogP contribution in [0.3, 0.4) is 0 Å². The molecule has 4 heteroatoms. The third-order valence-corrected chi connectivity index (χ3v) is 1.77. The molecule has 72 valence electrons. The zero-order valence-electron chi connectivity index (χ0n) is 8.04. The van der Waals surface area contributed by atoms with Gasteiger partial charge in [-0.15, -0.1) is 0 Å². The lowest BCUT2D eigenvalue weighted by atomic mass is 10.2. The number of nitrogens with zero attached hydrogens (tertiary/aromatic N) is 2. The Hall–Kier alpha value is -0.670. The molecule has 0 saturated heterocycles. The number of rotatable bonds is 3. The lowest BCUT2D eigenvalue weighted by molar-refractivity contribution is 0.181. The topological polar surface area (TPSA) is 35.0 Å². The summed E-state index contributed by atoms with van der Waals surface area (Å²) in [6, 6.07) is 1.72. The maximum Gasteiger partial charge on any atom is 0.133 e. The Labute approximate surface area is 83.1 Å². The molecular weight excluding hydrogens is 188 g/mol. The van der Waals surface area contributed by atoms with Crippen molar-refractivity contribution in [2.45, 2.75) is 26.4 Å². The van der Waals surface area contributed by atoms with E-state index in [9.17, 15) is 0 Å². The third kappa shape index (κ3) is 2.94. The molecule has 0 aliphatic heterocycles. The Kier molecular flexibility index (Phi) is 3.63. The summed E-state index contributed by atoms with van der Waals surface area (Å²) in [4.78, 5) is 8.42. The lowest BCUT2D eigenvalue weighted by Crippen LogP contribution is -2.02. The minimum absolute atomic E-state index is 0.286. The van der Waals surface area contributed by atoms with Crippen LogP contribution in [-0.4, -0.2) is 17.1 Å². The molecule has 0 saturated carbocycles. The molecule has 0 bridgehead atoms. The average Bonchev–Trinajstić information content (AvgIpc) is 2.03. The first kappa shape index (κ1) is 10.4. The maximum atomic E-state index is 5.82. The van der Waals surface area contributed by atoms with Crippen LogP contribution in [0.25, 0.3) is 0 Å². The molecule has 0 amide bonds. The highest BCUT2D eigenvalue weighted by atomic mass is 35.5. The predicted molar refractivity (Wildman–Crippen MR) is 51.8 cm³/mol. The van der Waals surface area contributed by atoms with Gasteiger partial charge >= 0.3 is 0 Å². The number of ether oxygens (including phenoxy) is 1. The van der Waals surface area contributed by atoms with Gasteiger partial charge in [-0.3, -0.25) is 0 Å². The second kappa shape index (κ2) is 4.53. The SMILES string of the molecule is COCc1cc(Cl)nc(C(C)C)n1. The van der Waals surface area contributed by atoms with Crippen LogP contribution in [-0.2, 0) is 11.3 Å². The van der Waals surface area contributed by atoms with E-state index >= 15 is 0 Å². The highest BCUT2D eigenvalue weighted by Gasteiger charge is 2.06. The van der Waals surface area contributed by atoms with E-state index in [1.165, 1.54) is 0 Å². The van der Waals surface area contributed by atoms with Crippen LogP contribution in [0, 0.1) is 0 Å². The van der Waals surface area contributed by atoms with Gasteiger partial charge in [0.25, 0.3) is 0 Å². The summed E-state index contributed by atoms with van der Waals surface area (Å²) in [5.74, 6) is 1.05. The largest absolute Gasteiger partial charge is 0.378 e. The van der Waals surface area contributed by atoms with E-state index in [4.69, 9.17) is 16.3 Å². The van der Waals surface area contributed by atoms with Crippen molar-refractivity contribution in [2.24, 2.45) is 0 Å². The molecule has 1 heterocycles. The summed E-state index contributed by atoms with van der Waals surface area (Å²) in [5.41, 5.74) is 0.825. The molecular formula is C9H13ClN2O. The number of methoxy groups -OCH3 is 1. The molecule has 0 aromatic carbocycles. The molecule has 13 heavy (non-hydrogen) atoms. The van der Waals surface area contributed by atoms with Crippen molar-refractivity contribution in [3.8, 4) is 0 Å². The van der Waals surface area contributed by atoms with Gasteiger partial charge < -0.3 is 4.74 Å². The number of aromatic nitrogens is 2. The fraction of sp³-hybridized carbons (Fsp3) is 0.556. The molecule has 0 aliphatic carbocycles. The second-order valence-electron chi connectivity index (χ2n) is 3.13. The molecule has 1 aromatic rings. The maximum absolute atomic E-state index is 5.82. The van der Waals surface area contributed by atoms with Gasteiger partial charge in [0.15, 0.2) is 0 Å². The van der Waals surface area contributed by atoms with Crippen LogP contribution in [0.4, 0.5) is 0 Å². The van der Waals surface area contributed by atoms with Crippen LogP contribution in [0.15, 0.2) is 6.07 Å². The molecule has 0 atom stereocenters. The molecule has 0 unspecified atom stereocenters. The van der Waals surface area contributed by atoms with Gasteiger partial charge in [0, 0.05) is 13.0 Å².